The molecule has 2 aliphatic heterocycles. The second-order valence-electron chi connectivity index (χ2n) is 6.03. The number of rotatable bonds is 3. The molecule has 7 heteroatoms. The van der Waals surface area contributed by atoms with Crippen LogP contribution >= 0.6 is 0 Å². The lowest BCUT2D eigenvalue weighted by Gasteiger charge is -2.26. The molecule has 2 heterocycles. The first kappa shape index (κ1) is 16.3. The number of halogens is 3. The second kappa shape index (κ2) is 6.49. The Morgan fingerprint density at radius 2 is 2.00 bits per heavy atom. The van der Waals surface area contributed by atoms with E-state index < -0.39 is 18.4 Å². The van der Waals surface area contributed by atoms with Crippen LogP contribution in [0.25, 0.3) is 0 Å². The third-order valence-corrected chi connectivity index (χ3v) is 4.28. The molecule has 0 saturated carbocycles. The number of hydrogen-bond donors (Lipinski definition) is 1. The lowest BCUT2D eigenvalue weighted by molar-refractivity contribution is -0.206. The van der Waals surface area contributed by atoms with Gasteiger partial charge in [0.15, 0.2) is 6.23 Å². The largest absolute Gasteiger partial charge is 0.490 e. The molecule has 4 nitrogen and oxygen atoms in total. The molecular formula is C16H19F3N2O2. The molecule has 1 fully saturated rings. The zero-order valence-electron chi connectivity index (χ0n) is 12.7. The first-order valence-electron chi connectivity index (χ1n) is 7.79. The summed E-state index contributed by atoms with van der Waals surface area (Å²) in [6.45, 7) is 3.42. The molecule has 23 heavy (non-hydrogen) atoms. The van der Waals surface area contributed by atoms with Crippen LogP contribution in [-0.4, -0.2) is 30.1 Å². The van der Waals surface area contributed by atoms with E-state index in [-0.39, 0.29) is 0 Å². The predicted octanol–water partition coefficient (Wildman–Crippen LogP) is 2.88. The van der Waals surface area contributed by atoms with Crippen LogP contribution in [0.5, 0.6) is 0 Å². The van der Waals surface area contributed by atoms with E-state index in [0.29, 0.717) is 12.1 Å². The summed E-state index contributed by atoms with van der Waals surface area (Å²) in [6, 6.07) is 5.64. The zero-order chi connectivity index (χ0) is 16.4. The number of carbonyl (C=O) groups excluding carboxylic acids is 1. The number of benzene rings is 1. The van der Waals surface area contributed by atoms with Crippen molar-refractivity contribution in [2.45, 2.75) is 44.8 Å². The number of alkyl halides is 3. The van der Waals surface area contributed by atoms with E-state index >= 15 is 0 Å². The minimum absolute atomic E-state index is 0.402. The van der Waals surface area contributed by atoms with Crippen LogP contribution in [0.15, 0.2) is 18.2 Å². The zero-order valence-corrected chi connectivity index (χ0v) is 12.7. The monoisotopic (exact) mass is 328 g/mol. The van der Waals surface area contributed by atoms with Gasteiger partial charge in [-0.3, -0.25) is 10.2 Å². The van der Waals surface area contributed by atoms with Crippen LogP contribution in [0.3, 0.4) is 0 Å². The quantitative estimate of drug-likeness (QED) is 0.867. The van der Waals surface area contributed by atoms with Gasteiger partial charge in [-0.2, -0.15) is 13.2 Å². The van der Waals surface area contributed by atoms with E-state index in [9.17, 15) is 18.0 Å². The highest BCUT2D eigenvalue weighted by Crippen LogP contribution is 2.30. The van der Waals surface area contributed by atoms with Crippen molar-refractivity contribution in [3.8, 4) is 0 Å². The highest BCUT2D eigenvalue weighted by atomic mass is 19.4. The number of hydrogen-bond acceptors (Lipinski definition) is 4. The molecule has 1 aromatic carbocycles. The molecular weight excluding hydrogens is 309 g/mol. The number of piperidine rings is 1. The summed E-state index contributed by atoms with van der Waals surface area (Å²) in [5.74, 6) is -2.17. The summed E-state index contributed by atoms with van der Waals surface area (Å²) < 4.78 is 41.4. The molecule has 1 unspecified atom stereocenters. The minimum atomic E-state index is -4.97. The third-order valence-electron chi connectivity index (χ3n) is 4.28. The molecule has 0 bridgehead atoms. The maximum atomic E-state index is 12.3. The number of esters is 1. The van der Waals surface area contributed by atoms with Crippen molar-refractivity contribution >= 4 is 5.97 Å². The summed E-state index contributed by atoms with van der Waals surface area (Å²) >= 11 is 0. The van der Waals surface area contributed by atoms with Gasteiger partial charge < -0.3 is 4.74 Å². The molecule has 3 rings (SSSR count). The number of nitrogens with one attached hydrogen (secondary N) is 1. The molecule has 1 saturated heterocycles. The van der Waals surface area contributed by atoms with Crippen molar-refractivity contribution in [2.24, 2.45) is 0 Å². The Morgan fingerprint density at radius 3 is 2.70 bits per heavy atom. The molecule has 1 N–H and O–H groups in total. The highest BCUT2D eigenvalue weighted by molar-refractivity contribution is 5.76. The molecule has 0 aliphatic carbocycles. The van der Waals surface area contributed by atoms with Crippen molar-refractivity contribution in [1.29, 1.82) is 0 Å². The minimum Gasteiger partial charge on any atom is -0.436 e. The van der Waals surface area contributed by atoms with Gasteiger partial charge in [-0.1, -0.05) is 24.6 Å². The molecule has 0 aromatic heterocycles. The number of carbonyl (C=O) groups is 1. The van der Waals surface area contributed by atoms with E-state index in [0.717, 1.165) is 30.8 Å². The van der Waals surface area contributed by atoms with E-state index in [2.05, 4.69) is 15.0 Å². The first-order chi connectivity index (χ1) is 10.9. The molecule has 1 aromatic rings. The standard InChI is InChI=1S/C16H19F3N2O2/c17-16(18,19)15(22)23-14-13-5-4-11(8-12(13)9-20-14)10-21-6-2-1-3-7-21/h4-5,8,14,20H,1-3,6-7,9-10H2. The Morgan fingerprint density at radius 1 is 1.26 bits per heavy atom. The van der Waals surface area contributed by atoms with Crippen molar-refractivity contribution < 1.29 is 22.7 Å². The third kappa shape index (κ3) is 3.84. The van der Waals surface area contributed by atoms with Crippen LogP contribution in [0, 0.1) is 0 Å². The Hall–Kier alpha value is -1.60. The van der Waals surface area contributed by atoms with Crippen molar-refractivity contribution in [3.63, 3.8) is 0 Å². The van der Waals surface area contributed by atoms with E-state index in [4.69, 9.17) is 0 Å². The fourth-order valence-corrected chi connectivity index (χ4v) is 3.13. The van der Waals surface area contributed by atoms with Gasteiger partial charge >= 0.3 is 12.1 Å². The lowest BCUT2D eigenvalue weighted by Crippen LogP contribution is -2.30. The highest BCUT2D eigenvalue weighted by Gasteiger charge is 2.43. The summed E-state index contributed by atoms with van der Waals surface area (Å²) in [5.41, 5.74) is 2.62. The van der Waals surface area contributed by atoms with E-state index in [1.54, 1.807) is 6.07 Å². The maximum absolute atomic E-state index is 12.3. The van der Waals surface area contributed by atoms with Gasteiger partial charge in [-0.15, -0.1) is 0 Å². The van der Waals surface area contributed by atoms with Crippen molar-refractivity contribution in [1.82, 2.24) is 10.2 Å². The molecule has 2 aliphatic rings. The van der Waals surface area contributed by atoms with Gasteiger partial charge in [0.05, 0.1) is 0 Å². The fraction of sp³-hybridized carbons (Fsp3) is 0.562. The van der Waals surface area contributed by atoms with Gasteiger partial charge in [0.25, 0.3) is 0 Å². The predicted molar refractivity (Wildman–Crippen MR) is 77.3 cm³/mol. The maximum Gasteiger partial charge on any atom is 0.490 e. The van der Waals surface area contributed by atoms with Gasteiger partial charge in [0, 0.05) is 18.7 Å². The topological polar surface area (TPSA) is 41.6 Å². The number of likely N-dealkylation sites (tertiary alicyclic amines) is 1. The van der Waals surface area contributed by atoms with Crippen LogP contribution < -0.4 is 5.32 Å². The van der Waals surface area contributed by atoms with Crippen LogP contribution in [0.4, 0.5) is 13.2 Å². The lowest BCUT2D eigenvalue weighted by atomic mass is 10.0. The van der Waals surface area contributed by atoms with Crippen LogP contribution in [-0.2, 0) is 22.6 Å². The summed E-state index contributed by atoms with van der Waals surface area (Å²) in [5, 5.41) is 2.80. The van der Waals surface area contributed by atoms with Crippen molar-refractivity contribution in [3.05, 3.63) is 34.9 Å². The Bertz CT molecular complexity index is 583. The van der Waals surface area contributed by atoms with Crippen LogP contribution in [0.1, 0.15) is 42.2 Å². The number of fused-ring (bicyclic) bond motifs is 1. The van der Waals surface area contributed by atoms with Gasteiger partial charge in [0.2, 0.25) is 0 Å². The van der Waals surface area contributed by atoms with Crippen LogP contribution in [0.2, 0.25) is 0 Å². The average molecular weight is 328 g/mol. The summed E-state index contributed by atoms with van der Waals surface area (Å²) in [7, 11) is 0. The second-order valence-corrected chi connectivity index (χ2v) is 6.03. The first-order valence-corrected chi connectivity index (χ1v) is 7.79. The number of nitrogens with zero attached hydrogens (tertiary/aromatic N) is 1. The molecule has 126 valence electrons. The summed E-state index contributed by atoms with van der Waals surface area (Å²) in [6.07, 6.45) is -2.30. The van der Waals surface area contributed by atoms with Gasteiger partial charge in [0.1, 0.15) is 0 Å². The Labute approximate surface area is 132 Å². The SMILES string of the molecule is O=C(OC1NCc2cc(CN3CCCCC3)ccc21)C(F)(F)F. The molecule has 1 atom stereocenters. The van der Waals surface area contributed by atoms with Gasteiger partial charge in [-0.05, 0) is 37.1 Å². The van der Waals surface area contributed by atoms with Crippen molar-refractivity contribution in [2.75, 3.05) is 13.1 Å². The Balaban J connectivity index is 1.66. The average Bonchev–Trinajstić information content (AvgIpc) is 2.90. The number of ether oxygens (including phenoxy) is 1. The van der Waals surface area contributed by atoms with E-state index in [1.807, 2.05) is 12.1 Å². The smallest absolute Gasteiger partial charge is 0.436 e. The molecule has 0 amide bonds. The Kier molecular flexibility index (Phi) is 4.59. The van der Waals surface area contributed by atoms with Gasteiger partial charge in [-0.25, -0.2) is 4.79 Å². The molecule has 0 spiro atoms. The fourth-order valence-electron chi connectivity index (χ4n) is 3.13. The summed E-state index contributed by atoms with van der Waals surface area (Å²) in [4.78, 5) is 13.3. The molecule has 0 radical (unpaired) electrons. The van der Waals surface area contributed by atoms with E-state index in [1.165, 1.54) is 19.3 Å². The normalized spacial score (nSPS) is 22.0.